The highest BCUT2D eigenvalue weighted by Gasteiger charge is 2.09. The lowest BCUT2D eigenvalue weighted by Gasteiger charge is -2.05. The number of aryl methyl sites for hydroxylation is 1. The van der Waals surface area contributed by atoms with Gasteiger partial charge in [0.1, 0.15) is 0 Å². The van der Waals surface area contributed by atoms with Crippen molar-refractivity contribution in [1.82, 2.24) is 10.2 Å². The first kappa shape index (κ1) is 10.7. The van der Waals surface area contributed by atoms with Crippen LogP contribution in [0.2, 0.25) is 5.02 Å². The van der Waals surface area contributed by atoms with Gasteiger partial charge >= 0.3 is 0 Å². The number of amides is 1. The van der Waals surface area contributed by atoms with Crippen molar-refractivity contribution in [2.24, 2.45) is 0 Å². The fourth-order valence-electron chi connectivity index (χ4n) is 1.40. The van der Waals surface area contributed by atoms with Crippen molar-refractivity contribution in [2.45, 2.75) is 6.92 Å². The number of aromatic amines is 1. The number of halogens is 1. The zero-order chi connectivity index (χ0) is 11.5. The van der Waals surface area contributed by atoms with Gasteiger partial charge in [-0.3, -0.25) is 9.89 Å². The SMILES string of the molecule is Cc1cc(Cl)ccc1C(=O)Nc1cn[nH]c1. The second-order valence-electron chi connectivity index (χ2n) is 3.40. The molecule has 2 N–H and O–H groups in total. The fourth-order valence-corrected chi connectivity index (χ4v) is 1.63. The number of nitrogens with one attached hydrogen (secondary N) is 2. The van der Waals surface area contributed by atoms with E-state index in [4.69, 9.17) is 11.6 Å². The van der Waals surface area contributed by atoms with E-state index in [1.54, 1.807) is 30.6 Å². The molecule has 0 radical (unpaired) electrons. The Bertz CT molecular complexity index is 508. The zero-order valence-electron chi connectivity index (χ0n) is 8.62. The lowest BCUT2D eigenvalue weighted by molar-refractivity contribution is 0.102. The molecule has 2 aromatic rings. The third kappa shape index (κ3) is 2.23. The monoisotopic (exact) mass is 235 g/mol. The average molecular weight is 236 g/mol. The molecule has 0 aliphatic rings. The van der Waals surface area contributed by atoms with Gasteiger partial charge in [0.15, 0.2) is 0 Å². The van der Waals surface area contributed by atoms with Gasteiger partial charge in [0.25, 0.3) is 5.91 Å². The van der Waals surface area contributed by atoms with Crippen LogP contribution >= 0.6 is 11.6 Å². The molecule has 5 heteroatoms. The van der Waals surface area contributed by atoms with Gasteiger partial charge in [-0.25, -0.2) is 0 Å². The van der Waals surface area contributed by atoms with Crippen molar-refractivity contribution in [3.8, 4) is 0 Å². The molecule has 0 atom stereocenters. The molecule has 16 heavy (non-hydrogen) atoms. The number of carbonyl (C=O) groups is 1. The first-order valence-corrected chi connectivity index (χ1v) is 5.11. The molecule has 0 saturated carbocycles. The van der Waals surface area contributed by atoms with E-state index in [0.717, 1.165) is 5.56 Å². The molecule has 0 unspecified atom stereocenters. The molecule has 0 saturated heterocycles. The summed E-state index contributed by atoms with van der Waals surface area (Å²) >= 11 is 5.82. The maximum atomic E-state index is 11.8. The van der Waals surface area contributed by atoms with Crippen molar-refractivity contribution in [3.63, 3.8) is 0 Å². The van der Waals surface area contributed by atoms with Crippen LogP contribution in [-0.4, -0.2) is 16.1 Å². The number of H-pyrrole nitrogens is 1. The van der Waals surface area contributed by atoms with Gasteiger partial charge in [-0.1, -0.05) is 11.6 Å². The van der Waals surface area contributed by atoms with Crippen LogP contribution in [0.5, 0.6) is 0 Å². The minimum absolute atomic E-state index is 0.171. The van der Waals surface area contributed by atoms with Gasteiger partial charge in [-0.2, -0.15) is 5.10 Å². The van der Waals surface area contributed by atoms with E-state index < -0.39 is 0 Å². The molecule has 0 aliphatic carbocycles. The standard InChI is InChI=1S/C11H10ClN3O/c1-7-4-8(12)2-3-10(7)11(16)15-9-5-13-14-6-9/h2-6H,1H3,(H,13,14)(H,15,16). The number of carbonyl (C=O) groups excluding carboxylic acids is 1. The summed E-state index contributed by atoms with van der Waals surface area (Å²) in [6.45, 7) is 1.84. The number of hydrogen-bond donors (Lipinski definition) is 2. The van der Waals surface area contributed by atoms with E-state index in [1.165, 1.54) is 0 Å². The molecule has 0 fully saturated rings. The Morgan fingerprint density at radius 2 is 2.31 bits per heavy atom. The second-order valence-corrected chi connectivity index (χ2v) is 3.84. The highest BCUT2D eigenvalue weighted by atomic mass is 35.5. The van der Waals surface area contributed by atoms with E-state index in [1.807, 2.05) is 6.92 Å². The number of rotatable bonds is 2. The molecule has 82 valence electrons. The molecule has 0 spiro atoms. The summed E-state index contributed by atoms with van der Waals surface area (Å²) in [7, 11) is 0. The number of hydrogen-bond acceptors (Lipinski definition) is 2. The molecular formula is C11H10ClN3O. The second kappa shape index (κ2) is 4.37. The Labute approximate surface area is 97.6 Å². The van der Waals surface area contributed by atoms with Crippen molar-refractivity contribution in [3.05, 3.63) is 46.7 Å². The molecule has 1 aromatic carbocycles. The van der Waals surface area contributed by atoms with Crippen LogP contribution in [0.3, 0.4) is 0 Å². The molecule has 1 heterocycles. The third-order valence-electron chi connectivity index (χ3n) is 2.19. The predicted molar refractivity (Wildman–Crippen MR) is 62.7 cm³/mol. The van der Waals surface area contributed by atoms with Crippen molar-refractivity contribution < 1.29 is 4.79 Å². The van der Waals surface area contributed by atoms with Crippen LogP contribution in [0.25, 0.3) is 0 Å². The highest BCUT2D eigenvalue weighted by molar-refractivity contribution is 6.30. The normalized spacial score (nSPS) is 10.1. The van der Waals surface area contributed by atoms with E-state index >= 15 is 0 Å². The van der Waals surface area contributed by atoms with Gasteiger partial charge in [-0.05, 0) is 30.7 Å². The van der Waals surface area contributed by atoms with Crippen molar-refractivity contribution in [1.29, 1.82) is 0 Å². The fraction of sp³-hybridized carbons (Fsp3) is 0.0909. The minimum atomic E-state index is -0.171. The van der Waals surface area contributed by atoms with Gasteiger partial charge in [0, 0.05) is 16.8 Å². The van der Waals surface area contributed by atoms with E-state index in [0.29, 0.717) is 16.3 Å². The van der Waals surface area contributed by atoms with Crippen LogP contribution < -0.4 is 5.32 Å². The lowest BCUT2D eigenvalue weighted by atomic mass is 10.1. The number of benzene rings is 1. The lowest BCUT2D eigenvalue weighted by Crippen LogP contribution is -2.12. The zero-order valence-corrected chi connectivity index (χ0v) is 9.38. The minimum Gasteiger partial charge on any atom is -0.319 e. The van der Waals surface area contributed by atoms with E-state index in [9.17, 15) is 4.79 Å². The smallest absolute Gasteiger partial charge is 0.256 e. The Morgan fingerprint density at radius 1 is 1.50 bits per heavy atom. The Balaban J connectivity index is 2.21. The van der Waals surface area contributed by atoms with Gasteiger partial charge < -0.3 is 5.32 Å². The third-order valence-corrected chi connectivity index (χ3v) is 2.42. The molecular weight excluding hydrogens is 226 g/mol. The Kier molecular flexibility index (Phi) is 2.92. The predicted octanol–water partition coefficient (Wildman–Crippen LogP) is 2.62. The molecule has 0 bridgehead atoms. The van der Waals surface area contributed by atoms with Crippen LogP contribution in [0.1, 0.15) is 15.9 Å². The molecule has 1 aromatic heterocycles. The van der Waals surface area contributed by atoms with Crippen LogP contribution in [0.4, 0.5) is 5.69 Å². The largest absolute Gasteiger partial charge is 0.319 e. The summed E-state index contributed by atoms with van der Waals surface area (Å²) < 4.78 is 0. The summed E-state index contributed by atoms with van der Waals surface area (Å²) in [5, 5.41) is 9.71. The highest BCUT2D eigenvalue weighted by Crippen LogP contribution is 2.16. The molecule has 0 aliphatic heterocycles. The summed E-state index contributed by atoms with van der Waals surface area (Å²) in [4.78, 5) is 11.8. The van der Waals surface area contributed by atoms with Gasteiger partial charge in [0.05, 0.1) is 11.9 Å². The van der Waals surface area contributed by atoms with Gasteiger partial charge in [0.2, 0.25) is 0 Å². The van der Waals surface area contributed by atoms with Crippen LogP contribution in [0.15, 0.2) is 30.6 Å². The number of anilines is 1. The number of aromatic nitrogens is 2. The first-order valence-electron chi connectivity index (χ1n) is 4.73. The first-order chi connectivity index (χ1) is 7.66. The molecule has 2 rings (SSSR count). The maximum Gasteiger partial charge on any atom is 0.256 e. The summed E-state index contributed by atoms with van der Waals surface area (Å²) in [6.07, 6.45) is 3.16. The Morgan fingerprint density at radius 3 is 2.94 bits per heavy atom. The maximum absolute atomic E-state index is 11.8. The molecule has 1 amide bonds. The van der Waals surface area contributed by atoms with Crippen LogP contribution in [0, 0.1) is 6.92 Å². The summed E-state index contributed by atoms with van der Waals surface area (Å²) in [6, 6.07) is 5.15. The summed E-state index contributed by atoms with van der Waals surface area (Å²) in [5.74, 6) is -0.171. The van der Waals surface area contributed by atoms with Gasteiger partial charge in [-0.15, -0.1) is 0 Å². The summed E-state index contributed by atoms with van der Waals surface area (Å²) in [5.41, 5.74) is 2.08. The van der Waals surface area contributed by atoms with E-state index in [2.05, 4.69) is 15.5 Å². The van der Waals surface area contributed by atoms with Crippen LogP contribution in [-0.2, 0) is 0 Å². The van der Waals surface area contributed by atoms with Crippen molar-refractivity contribution in [2.75, 3.05) is 5.32 Å². The quantitative estimate of drug-likeness (QED) is 0.841. The topological polar surface area (TPSA) is 57.8 Å². The Hall–Kier alpha value is -1.81. The molecule has 4 nitrogen and oxygen atoms in total. The average Bonchev–Trinajstić information content (AvgIpc) is 2.70. The number of nitrogens with zero attached hydrogens (tertiary/aromatic N) is 1. The van der Waals surface area contributed by atoms with E-state index in [-0.39, 0.29) is 5.91 Å². The van der Waals surface area contributed by atoms with Crippen molar-refractivity contribution >= 4 is 23.2 Å².